The van der Waals surface area contributed by atoms with Gasteiger partial charge in [0.1, 0.15) is 12.0 Å². The van der Waals surface area contributed by atoms with Crippen molar-refractivity contribution in [3.63, 3.8) is 0 Å². The number of hydrogen-bond acceptors (Lipinski definition) is 10. The van der Waals surface area contributed by atoms with Crippen LogP contribution >= 0.6 is 0 Å². The lowest BCUT2D eigenvalue weighted by atomic mass is 10.1. The van der Waals surface area contributed by atoms with E-state index in [0.29, 0.717) is 24.7 Å². The van der Waals surface area contributed by atoms with Gasteiger partial charge in [0, 0.05) is 42.8 Å². The number of carbonyl (C=O) groups excluding carboxylic acids is 1. The second-order valence-corrected chi connectivity index (χ2v) is 8.78. The molecule has 3 aromatic heterocycles. The van der Waals surface area contributed by atoms with E-state index in [-0.39, 0.29) is 23.6 Å². The number of hydrogen-bond donors (Lipinski definition) is 4. The molecule has 0 aliphatic heterocycles. The number of benzene rings is 1. The van der Waals surface area contributed by atoms with Gasteiger partial charge in [-0.1, -0.05) is 0 Å². The second kappa shape index (κ2) is 10.7. The predicted molar refractivity (Wildman–Crippen MR) is 133 cm³/mol. The largest absolute Gasteiger partial charge is 0.494 e. The van der Waals surface area contributed by atoms with Gasteiger partial charge in [-0.25, -0.2) is 19.6 Å². The summed E-state index contributed by atoms with van der Waals surface area (Å²) < 4.78 is 23.3. The van der Waals surface area contributed by atoms with Crippen molar-refractivity contribution in [1.82, 2.24) is 40.2 Å². The molecule has 0 unspecified atom stereocenters. The molecule has 5 rings (SSSR count). The van der Waals surface area contributed by atoms with Gasteiger partial charge in [0.15, 0.2) is 17.3 Å². The van der Waals surface area contributed by atoms with E-state index in [1.165, 1.54) is 48.8 Å². The quantitative estimate of drug-likeness (QED) is 0.172. The van der Waals surface area contributed by atoms with Crippen molar-refractivity contribution < 1.29 is 13.9 Å². The third-order valence-corrected chi connectivity index (χ3v) is 6.27. The zero-order valence-electron chi connectivity index (χ0n) is 20.6. The number of carbonyl (C=O) groups is 1. The number of pyridine rings is 1. The van der Waals surface area contributed by atoms with Crippen molar-refractivity contribution in [3.8, 4) is 11.4 Å². The Labute approximate surface area is 216 Å². The molecule has 1 aliphatic rings. The van der Waals surface area contributed by atoms with Crippen LogP contribution in [0.4, 0.5) is 4.39 Å². The van der Waals surface area contributed by atoms with Gasteiger partial charge < -0.3 is 25.5 Å². The number of amides is 1. The highest BCUT2D eigenvalue weighted by Crippen LogP contribution is 2.40. The predicted octanol–water partition coefficient (Wildman–Crippen LogP) is 2.07. The van der Waals surface area contributed by atoms with Crippen LogP contribution in [0.15, 0.2) is 53.9 Å². The SMILES string of the molecule is COc1ccc(-n2cnnn2)c(CNC(=O)/C(=C/NCc2cn3cc(C4CC4)cc(CN)c3n2)N=N)c1F. The van der Waals surface area contributed by atoms with E-state index in [0.717, 1.165) is 16.9 Å². The molecule has 1 aromatic carbocycles. The molecule has 0 spiro atoms. The van der Waals surface area contributed by atoms with Crippen molar-refractivity contribution >= 4 is 11.6 Å². The number of nitrogens with two attached hydrogens (primary N) is 1. The highest BCUT2D eigenvalue weighted by atomic mass is 19.1. The van der Waals surface area contributed by atoms with Crippen LogP contribution in [0, 0.1) is 11.3 Å². The van der Waals surface area contributed by atoms with E-state index < -0.39 is 11.7 Å². The number of ether oxygens (including phenoxy) is 1. The van der Waals surface area contributed by atoms with Gasteiger partial charge in [0.25, 0.3) is 5.91 Å². The third-order valence-electron chi connectivity index (χ3n) is 6.27. The molecule has 0 bridgehead atoms. The van der Waals surface area contributed by atoms with Crippen LogP contribution in [0.2, 0.25) is 0 Å². The fraction of sp³-hybridized carbons (Fsp3) is 0.292. The third kappa shape index (κ3) is 5.06. The molecule has 13 nitrogen and oxygen atoms in total. The monoisotopic (exact) mass is 519 g/mol. The Kier molecular flexibility index (Phi) is 7.04. The average Bonchev–Trinajstić information content (AvgIpc) is 3.47. The van der Waals surface area contributed by atoms with Crippen molar-refractivity contribution in [1.29, 1.82) is 5.53 Å². The van der Waals surface area contributed by atoms with Crippen molar-refractivity contribution in [3.05, 3.63) is 77.0 Å². The Morgan fingerprint density at radius 2 is 2.18 bits per heavy atom. The Morgan fingerprint density at radius 1 is 1.34 bits per heavy atom. The van der Waals surface area contributed by atoms with Gasteiger partial charge in [-0.05, 0) is 52.9 Å². The summed E-state index contributed by atoms with van der Waals surface area (Å²) in [7, 11) is 1.34. The molecule has 0 saturated heterocycles. The van der Waals surface area contributed by atoms with E-state index >= 15 is 4.39 Å². The smallest absolute Gasteiger partial charge is 0.273 e. The van der Waals surface area contributed by atoms with Gasteiger partial charge in [-0.2, -0.15) is 5.11 Å². The minimum Gasteiger partial charge on any atom is -0.494 e. The lowest BCUT2D eigenvalue weighted by Gasteiger charge is -2.13. The highest BCUT2D eigenvalue weighted by molar-refractivity contribution is 5.92. The molecule has 1 aliphatic carbocycles. The molecule has 5 N–H and O–H groups in total. The summed E-state index contributed by atoms with van der Waals surface area (Å²) in [6.45, 7) is 0.463. The Bertz CT molecular complexity index is 1510. The Morgan fingerprint density at radius 3 is 2.87 bits per heavy atom. The lowest BCUT2D eigenvalue weighted by molar-refractivity contribution is -0.117. The minimum atomic E-state index is -0.674. The van der Waals surface area contributed by atoms with Gasteiger partial charge in [0.05, 0.1) is 25.0 Å². The Balaban J connectivity index is 1.27. The molecular weight excluding hydrogens is 493 g/mol. The maximum Gasteiger partial charge on any atom is 0.273 e. The molecule has 14 heteroatoms. The van der Waals surface area contributed by atoms with Crippen LogP contribution in [0.5, 0.6) is 5.75 Å². The van der Waals surface area contributed by atoms with Crippen LogP contribution in [-0.2, 0) is 24.4 Å². The first kappa shape index (κ1) is 25.0. The fourth-order valence-electron chi connectivity index (χ4n) is 4.18. The number of nitrogens with zero attached hydrogens (tertiary/aromatic N) is 7. The normalized spacial score (nSPS) is 13.5. The molecule has 1 amide bonds. The van der Waals surface area contributed by atoms with Gasteiger partial charge in [-0.3, -0.25) is 4.79 Å². The molecule has 1 saturated carbocycles. The van der Waals surface area contributed by atoms with Crippen LogP contribution in [-0.4, -0.2) is 42.6 Å². The lowest BCUT2D eigenvalue weighted by Crippen LogP contribution is -2.26. The van der Waals surface area contributed by atoms with E-state index in [9.17, 15) is 4.79 Å². The zero-order chi connectivity index (χ0) is 26.6. The number of halogens is 1. The number of nitrogens with one attached hydrogen (secondary N) is 3. The second-order valence-electron chi connectivity index (χ2n) is 8.78. The van der Waals surface area contributed by atoms with Crippen LogP contribution < -0.4 is 21.1 Å². The van der Waals surface area contributed by atoms with Gasteiger partial charge in [0.2, 0.25) is 0 Å². The molecule has 1 fully saturated rings. The van der Waals surface area contributed by atoms with E-state index in [2.05, 4.69) is 48.5 Å². The first-order valence-electron chi connectivity index (χ1n) is 11.9. The summed E-state index contributed by atoms with van der Waals surface area (Å²) in [6, 6.07) is 5.13. The minimum absolute atomic E-state index is 0.00295. The first-order chi connectivity index (χ1) is 18.5. The number of fused-ring (bicyclic) bond motifs is 1. The first-order valence-corrected chi connectivity index (χ1v) is 11.9. The number of rotatable bonds is 11. The number of methoxy groups -OCH3 is 1. The van der Waals surface area contributed by atoms with Gasteiger partial charge >= 0.3 is 0 Å². The number of aromatic nitrogens is 6. The van der Waals surface area contributed by atoms with Crippen molar-refractivity contribution in [2.24, 2.45) is 10.8 Å². The summed E-state index contributed by atoms with van der Waals surface area (Å²) in [6.07, 6.45) is 8.99. The number of imidazole rings is 1. The van der Waals surface area contributed by atoms with Crippen LogP contribution in [0.25, 0.3) is 11.3 Å². The average molecular weight is 520 g/mol. The molecule has 4 aromatic rings. The molecule has 196 valence electrons. The number of tetrazole rings is 1. The summed E-state index contributed by atoms with van der Waals surface area (Å²) in [5, 5.41) is 19.8. The van der Waals surface area contributed by atoms with Crippen LogP contribution in [0.3, 0.4) is 0 Å². The van der Waals surface area contributed by atoms with E-state index in [1.54, 1.807) is 6.07 Å². The zero-order valence-corrected chi connectivity index (χ0v) is 20.6. The summed E-state index contributed by atoms with van der Waals surface area (Å²) in [5.74, 6) is -0.748. The van der Waals surface area contributed by atoms with Crippen molar-refractivity contribution in [2.75, 3.05) is 7.11 Å². The molecule has 38 heavy (non-hydrogen) atoms. The van der Waals surface area contributed by atoms with E-state index in [1.807, 2.05) is 10.6 Å². The molecule has 3 heterocycles. The molecule has 0 atom stereocenters. The maximum atomic E-state index is 15.0. The summed E-state index contributed by atoms with van der Waals surface area (Å²) in [5.41, 5.74) is 17.4. The van der Waals surface area contributed by atoms with Gasteiger partial charge in [-0.15, -0.1) is 5.10 Å². The summed E-state index contributed by atoms with van der Waals surface area (Å²) >= 11 is 0. The molecular formula is C24H26FN11O2. The van der Waals surface area contributed by atoms with Crippen LogP contribution in [0.1, 0.15) is 41.1 Å². The van der Waals surface area contributed by atoms with E-state index in [4.69, 9.17) is 16.0 Å². The standard InChI is InChI=1S/C24H26FN11O2/c1-38-21-5-4-20(36-13-30-33-34-36)18(22(21)25)9-29-24(37)19(32-27)10-28-8-17-12-35-11-16(14-2-3-14)6-15(7-26)23(35)31-17/h4-6,10-14,27-28H,2-3,7-9,26H2,1H3,(H,29,37)/b19-10-,32-27?. The Hall–Kier alpha value is -4.72. The highest BCUT2D eigenvalue weighted by Gasteiger charge is 2.25. The van der Waals surface area contributed by atoms with Crippen molar-refractivity contribution in [2.45, 2.75) is 38.4 Å². The topological polar surface area (TPSA) is 173 Å². The summed E-state index contributed by atoms with van der Waals surface area (Å²) in [4.78, 5) is 17.4. The molecule has 0 radical (unpaired) electrons. The maximum absolute atomic E-state index is 15.0. The fourth-order valence-corrected chi connectivity index (χ4v) is 4.18.